The van der Waals surface area contributed by atoms with E-state index >= 15 is 0 Å². The largest absolute Gasteiger partial charge is 0.344 e. The molecule has 0 saturated carbocycles. The summed E-state index contributed by atoms with van der Waals surface area (Å²) in [6.07, 6.45) is 0.274. The van der Waals surface area contributed by atoms with E-state index in [9.17, 15) is 9.59 Å². The number of rotatable bonds is 4. The van der Waals surface area contributed by atoms with Crippen LogP contribution in [0.5, 0.6) is 0 Å². The van der Waals surface area contributed by atoms with Gasteiger partial charge in [0.2, 0.25) is 11.7 Å². The van der Waals surface area contributed by atoms with Gasteiger partial charge in [0.15, 0.2) is 0 Å². The van der Waals surface area contributed by atoms with Crippen molar-refractivity contribution in [2.24, 2.45) is 0 Å². The number of carbonyl (C=O) groups excluding carboxylic acids is 2. The molecule has 1 atom stereocenters. The Kier molecular flexibility index (Phi) is 5.20. The van der Waals surface area contributed by atoms with Crippen LogP contribution in [-0.4, -0.2) is 51.1 Å². The van der Waals surface area contributed by atoms with E-state index in [1.807, 2.05) is 13.8 Å². The quantitative estimate of drug-likeness (QED) is 0.862. The standard InChI is InChI=1S/C17H19Cl2N5O2/c1-9(2)16-21-15(17(26)20-10-7-13(25)23(3)8-10)22-24(16)14-11(18)5-4-6-12(14)19/h4-6,9-10H,7-8H2,1-3H3,(H,20,26). The van der Waals surface area contributed by atoms with Crippen molar-refractivity contribution in [1.82, 2.24) is 25.0 Å². The van der Waals surface area contributed by atoms with Gasteiger partial charge in [0, 0.05) is 25.9 Å². The van der Waals surface area contributed by atoms with E-state index in [4.69, 9.17) is 23.2 Å². The molecule has 9 heteroatoms. The third kappa shape index (κ3) is 3.54. The van der Waals surface area contributed by atoms with E-state index in [0.717, 1.165) is 0 Å². The minimum atomic E-state index is -0.429. The molecule has 0 radical (unpaired) electrons. The average Bonchev–Trinajstić information content (AvgIpc) is 3.12. The van der Waals surface area contributed by atoms with Crippen LogP contribution in [0.4, 0.5) is 0 Å². The van der Waals surface area contributed by atoms with Gasteiger partial charge in [0.25, 0.3) is 5.91 Å². The summed E-state index contributed by atoms with van der Waals surface area (Å²) in [5.41, 5.74) is 0.488. The van der Waals surface area contributed by atoms with Crippen LogP contribution in [0.15, 0.2) is 18.2 Å². The monoisotopic (exact) mass is 395 g/mol. The fourth-order valence-electron chi connectivity index (χ4n) is 2.86. The molecular weight excluding hydrogens is 377 g/mol. The van der Waals surface area contributed by atoms with Crippen LogP contribution < -0.4 is 5.32 Å². The van der Waals surface area contributed by atoms with Gasteiger partial charge in [0.05, 0.1) is 16.1 Å². The molecule has 1 saturated heterocycles. The number of likely N-dealkylation sites (N-methyl/N-ethyl adjacent to an activating group) is 1. The zero-order valence-corrected chi connectivity index (χ0v) is 16.2. The smallest absolute Gasteiger partial charge is 0.291 e. The Morgan fingerprint density at radius 3 is 2.50 bits per heavy atom. The van der Waals surface area contributed by atoms with Gasteiger partial charge in [-0.15, -0.1) is 5.10 Å². The van der Waals surface area contributed by atoms with Gasteiger partial charge in [-0.1, -0.05) is 43.1 Å². The van der Waals surface area contributed by atoms with Crippen LogP contribution in [-0.2, 0) is 4.79 Å². The number of amides is 2. The molecule has 1 N–H and O–H groups in total. The summed E-state index contributed by atoms with van der Waals surface area (Å²) in [6.45, 7) is 4.35. The SMILES string of the molecule is CC(C)c1nc(C(=O)NC2CC(=O)N(C)C2)nn1-c1c(Cl)cccc1Cl. The summed E-state index contributed by atoms with van der Waals surface area (Å²) >= 11 is 12.6. The highest BCUT2D eigenvalue weighted by Gasteiger charge is 2.30. The zero-order chi connectivity index (χ0) is 19.0. The van der Waals surface area contributed by atoms with Gasteiger partial charge in [-0.05, 0) is 12.1 Å². The van der Waals surface area contributed by atoms with Crippen molar-refractivity contribution >= 4 is 35.0 Å². The summed E-state index contributed by atoms with van der Waals surface area (Å²) in [5.74, 6) is 0.161. The van der Waals surface area contributed by atoms with E-state index in [-0.39, 0.29) is 30.1 Å². The highest BCUT2D eigenvalue weighted by Crippen LogP contribution is 2.30. The van der Waals surface area contributed by atoms with E-state index in [1.165, 1.54) is 4.68 Å². The Bertz CT molecular complexity index is 845. The third-order valence-corrected chi connectivity index (χ3v) is 4.79. The number of halogens is 2. The van der Waals surface area contributed by atoms with Crippen molar-refractivity contribution in [2.75, 3.05) is 13.6 Å². The van der Waals surface area contributed by atoms with Crippen LogP contribution in [0.1, 0.15) is 42.6 Å². The molecule has 0 spiro atoms. The van der Waals surface area contributed by atoms with Crippen molar-refractivity contribution in [3.8, 4) is 5.69 Å². The first kappa shape index (κ1) is 18.7. The van der Waals surface area contributed by atoms with Crippen LogP contribution >= 0.6 is 23.2 Å². The van der Waals surface area contributed by atoms with Gasteiger partial charge < -0.3 is 10.2 Å². The fourth-order valence-corrected chi connectivity index (χ4v) is 3.42. The van der Waals surface area contributed by atoms with Crippen molar-refractivity contribution in [3.05, 3.63) is 39.9 Å². The van der Waals surface area contributed by atoms with Gasteiger partial charge in [-0.2, -0.15) is 0 Å². The van der Waals surface area contributed by atoms with E-state index in [1.54, 1.807) is 30.1 Å². The normalized spacial score (nSPS) is 17.2. The molecule has 1 aromatic heterocycles. The molecule has 2 amide bonds. The van der Waals surface area contributed by atoms with Crippen molar-refractivity contribution in [2.45, 2.75) is 32.2 Å². The summed E-state index contributed by atoms with van der Waals surface area (Å²) in [4.78, 5) is 30.1. The lowest BCUT2D eigenvalue weighted by Crippen LogP contribution is -2.37. The minimum absolute atomic E-state index is 0.000456. The molecule has 1 aromatic carbocycles. The Morgan fingerprint density at radius 1 is 1.31 bits per heavy atom. The lowest BCUT2D eigenvalue weighted by atomic mass is 10.2. The molecule has 1 aliphatic heterocycles. The van der Waals surface area contributed by atoms with Crippen LogP contribution in [0, 0.1) is 0 Å². The summed E-state index contributed by atoms with van der Waals surface area (Å²) in [5, 5.41) is 7.97. The number of likely N-dealkylation sites (tertiary alicyclic amines) is 1. The topological polar surface area (TPSA) is 80.1 Å². The Balaban J connectivity index is 1.93. The molecule has 2 heterocycles. The van der Waals surface area contributed by atoms with E-state index in [0.29, 0.717) is 28.1 Å². The van der Waals surface area contributed by atoms with Gasteiger partial charge in [-0.25, -0.2) is 9.67 Å². The van der Waals surface area contributed by atoms with Crippen LogP contribution in [0.25, 0.3) is 5.69 Å². The first-order valence-corrected chi connectivity index (χ1v) is 8.99. The van der Waals surface area contributed by atoms with Crippen molar-refractivity contribution < 1.29 is 9.59 Å². The molecule has 26 heavy (non-hydrogen) atoms. The highest BCUT2D eigenvalue weighted by molar-refractivity contribution is 6.37. The number of hydrogen-bond donors (Lipinski definition) is 1. The number of hydrogen-bond acceptors (Lipinski definition) is 4. The second-order valence-electron chi connectivity index (χ2n) is 6.58. The molecule has 0 bridgehead atoms. The summed E-state index contributed by atoms with van der Waals surface area (Å²) < 4.78 is 1.51. The Hall–Kier alpha value is -2.12. The molecule has 1 fully saturated rings. The number of nitrogens with zero attached hydrogens (tertiary/aromatic N) is 4. The zero-order valence-electron chi connectivity index (χ0n) is 14.7. The van der Waals surface area contributed by atoms with E-state index in [2.05, 4.69) is 15.4 Å². The number of nitrogens with one attached hydrogen (secondary N) is 1. The molecular formula is C17H19Cl2N5O2. The minimum Gasteiger partial charge on any atom is -0.344 e. The maximum Gasteiger partial charge on any atom is 0.291 e. The van der Waals surface area contributed by atoms with Gasteiger partial charge >= 0.3 is 0 Å². The average molecular weight is 396 g/mol. The van der Waals surface area contributed by atoms with Crippen molar-refractivity contribution in [3.63, 3.8) is 0 Å². The molecule has 138 valence electrons. The lowest BCUT2D eigenvalue weighted by molar-refractivity contribution is -0.126. The maximum absolute atomic E-state index is 12.6. The van der Waals surface area contributed by atoms with Gasteiger partial charge in [0.1, 0.15) is 11.5 Å². The molecule has 3 rings (SSSR count). The summed E-state index contributed by atoms with van der Waals surface area (Å²) in [7, 11) is 1.71. The molecule has 1 aliphatic rings. The highest BCUT2D eigenvalue weighted by atomic mass is 35.5. The Labute approximate surface area is 161 Å². The van der Waals surface area contributed by atoms with Crippen LogP contribution in [0.3, 0.4) is 0 Å². The number of para-hydroxylation sites is 1. The third-order valence-electron chi connectivity index (χ3n) is 4.18. The molecule has 7 nitrogen and oxygen atoms in total. The predicted molar refractivity (Wildman–Crippen MR) is 99.0 cm³/mol. The lowest BCUT2D eigenvalue weighted by Gasteiger charge is -2.11. The second kappa shape index (κ2) is 7.25. The Morgan fingerprint density at radius 2 is 1.96 bits per heavy atom. The number of aromatic nitrogens is 3. The van der Waals surface area contributed by atoms with Crippen LogP contribution in [0.2, 0.25) is 10.0 Å². The number of benzene rings is 1. The first-order valence-electron chi connectivity index (χ1n) is 8.24. The second-order valence-corrected chi connectivity index (χ2v) is 7.39. The molecule has 0 aliphatic carbocycles. The predicted octanol–water partition coefficient (Wildman–Crippen LogP) is 2.66. The number of carbonyl (C=O) groups is 2. The summed E-state index contributed by atoms with van der Waals surface area (Å²) in [6, 6.07) is 4.89. The maximum atomic E-state index is 12.6. The van der Waals surface area contributed by atoms with Crippen molar-refractivity contribution in [1.29, 1.82) is 0 Å². The first-order chi connectivity index (χ1) is 12.3. The van der Waals surface area contributed by atoms with Gasteiger partial charge in [-0.3, -0.25) is 9.59 Å². The van der Waals surface area contributed by atoms with E-state index < -0.39 is 5.91 Å². The molecule has 1 unspecified atom stereocenters. The molecule has 2 aromatic rings. The fraction of sp³-hybridized carbons (Fsp3) is 0.412.